The summed E-state index contributed by atoms with van der Waals surface area (Å²) in [5.41, 5.74) is 7.52. The standard InChI is InChI=1S/C21H22N2O4S/c1-10-14(11-5-3-2-4-6-11)17(18(22)24)20(28-10)23-19(25)15-12-7-8-13(9-12)16(15)21(26)27/h2-6,12-13,15-16H,7-9H2,1H3,(H2,22,24)(H,23,25)(H,26,27). The SMILES string of the molecule is Cc1sc(NC(=O)C2C3CCC(C3)C2C(=O)O)c(C(N)=O)c1-c1ccccc1. The molecule has 0 spiro atoms. The highest BCUT2D eigenvalue weighted by Gasteiger charge is 2.54. The van der Waals surface area contributed by atoms with E-state index in [1.807, 2.05) is 37.3 Å². The molecular formula is C21H22N2O4S. The average Bonchev–Trinajstić information content (AvgIpc) is 3.34. The summed E-state index contributed by atoms with van der Waals surface area (Å²) in [7, 11) is 0. The number of carboxylic acids is 1. The van der Waals surface area contributed by atoms with Crippen molar-refractivity contribution in [2.75, 3.05) is 5.32 Å². The molecule has 1 heterocycles. The maximum Gasteiger partial charge on any atom is 0.307 e. The minimum absolute atomic E-state index is 0.0683. The van der Waals surface area contributed by atoms with Crippen molar-refractivity contribution in [1.82, 2.24) is 0 Å². The monoisotopic (exact) mass is 398 g/mol. The molecule has 2 aromatic rings. The van der Waals surface area contributed by atoms with Gasteiger partial charge < -0.3 is 16.2 Å². The number of aryl methyl sites for hydroxylation is 1. The number of nitrogens with one attached hydrogen (secondary N) is 1. The van der Waals surface area contributed by atoms with Crippen LogP contribution in [0.3, 0.4) is 0 Å². The molecule has 28 heavy (non-hydrogen) atoms. The number of carbonyl (C=O) groups is 3. The van der Waals surface area contributed by atoms with Crippen LogP contribution in [0.4, 0.5) is 5.00 Å². The number of hydrogen-bond acceptors (Lipinski definition) is 4. The van der Waals surface area contributed by atoms with E-state index in [0.29, 0.717) is 5.00 Å². The van der Waals surface area contributed by atoms with Gasteiger partial charge in [-0.1, -0.05) is 30.3 Å². The van der Waals surface area contributed by atoms with Crippen LogP contribution >= 0.6 is 11.3 Å². The summed E-state index contributed by atoms with van der Waals surface area (Å²) in [6, 6.07) is 9.43. The number of fused-ring (bicyclic) bond motifs is 2. The lowest BCUT2D eigenvalue weighted by Gasteiger charge is -2.26. The lowest BCUT2D eigenvalue weighted by Crippen LogP contribution is -2.38. The van der Waals surface area contributed by atoms with Gasteiger partial charge in [-0.05, 0) is 43.6 Å². The molecule has 4 rings (SSSR count). The number of rotatable bonds is 5. The van der Waals surface area contributed by atoms with Crippen LogP contribution in [0.25, 0.3) is 11.1 Å². The second-order valence-corrected chi connectivity index (χ2v) is 8.90. The molecule has 0 saturated heterocycles. The predicted molar refractivity (Wildman–Crippen MR) is 107 cm³/mol. The predicted octanol–water partition coefficient (Wildman–Crippen LogP) is 3.51. The number of anilines is 1. The molecule has 2 bridgehead atoms. The molecule has 4 atom stereocenters. The quantitative estimate of drug-likeness (QED) is 0.716. The highest BCUT2D eigenvalue weighted by molar-refractivity contribution is 7.17. The zero-order valence-corrected chi connectivity index (χ0v) is 16.3. The van der Waals surface area contributed by atoms with Crippen LogP contribution in [0, 0.1) is 30.6 Å². The van der Waals surface area contributed by atoms with E-state index in [1.165, 1.54) is 11.3 Å². The number of carbonyl (C=O) groups excluding carboxylic acids is 2. The molecule has 2 fully saturated rings. The second kappa shape index (κ2) is 7.05. The second-order valence-electron chi connectivity index (χ2n) is 7.68. The van der Waals surface area contributed by atoms with Gasteiger partial charge in [-0.3, -0.25) is 14.4 Å². The first-order chi connectivity index (χ1) is 13.4. The van der Waals surface area contributed by atoms with Gasteiger partial charge in [-0.15, -0.1) is 11.3 Å². The van der Waals surface area contributed by atoms with Gasteiger partial charge in [0.1, 0.15) is 5.00 Å². The largest absolute Gasteiger partial charge is 0.481 e. The van der Waals surface area contributed by atoms with Crippen molar-refractivity contribution in [3.8, 4) is 11.1 Å². The van der Waals surface area contributed by atoms with E-state index in [4.69, 9.17) is 5.73 Å². The Morgan fingerprint density at radius 3 is 2.36 bits per heavy atom. The minimum Gasteiger partial charge on any atom is -0.481 e. The molecule has 2 aliphatic rings. The molecule has 2 aliphatic carbocycles. The fourth-order valence-corrected chi connectivity index (χ4v) is 6.12. The summed E-state index contributed by atoms with van der Waals surface area (Å²) in [6.45, 7) is 1.88. The Kier molecular flexibility index (Phi) is 4.71. The minimum atomic E-state index is -0.908. The Morgan fingerprint density at radius 2 is 1.75 bits per heavy atom. The van der Waals surface area contributed by atoms with Crippen molar-refractivity contribution in [3.05, 3.63) is 40.8 Å². The number of primary amides is 1. The highest BCUT2D eigenvalue weighted by atomic mass is 32.1. The van der Waals surface area contributed by atoms with E-state index in [9.17, 15) is 19.5 Å². The van der Waals surface area contributed by atoms with Crippen LogP contribution in [0.15, 0.2) is 30.3 Å². The summed E-state index contributed by atoms with van der Waals surface area (Å²) in [4.78, 5) is 37.8. The van der Waals surface area contributed by atoms with Crippen LogP contribution < -0.4 is 11.1 Å². The molecule has 2 saturated carbocycles. The molecule has 4 N–H and O–H groups in total. The fraction of sp³-hybridized carbons (Fsp3) is 0.381. The first-order valence-electron chi connectivity index (χ1n) is 9.40. The molecule has 6 nitrogen and oxygen atoms in total. The van der Waals surface area contributed by atoms with Gasteiger partial charge in [0, 0.05) is 10.4 Å². The first-order valence-corrected chi connectivity index (χ1v) is 10.2. The van der Waals surface area contributed by atoms with Crippen molar-refractivity contribution >= 4 is 34.1 Å². The van der Waals surface area contributed by atoms with Gasteiger partial charge in [-0.2, -0.15) is 0 Å². The molecule has 1 aromatic heterocycles. The van der Waals surface area contributed by atoms with E-state index in [-0.39, 0.29) is 23.3 Å². The first kappa shape index (κ1) is 18.7. The van der Waals surface area contributed by atoms with E-state index < -0.39 is 23.7 Å². The number of hydrogen-bond donors (Lipinski definition) is 3. The molecular weight excluding hydrogens is 376 g/mol. The van der Waals surface area contributed by atoms with Crippen molar-refractivity contribution in [1.29, 1.82) is 0 Å². The van der Waals surface area contributed by atoms with Gasteiger partial charge in [0.25, 0.3) is 5.91 Å². The van der Waals surface area contributed by atoms with Crippen LogP contribution in [-0.2, 0) is 9.59 Å². The van der Waals surface area contributed by atoms with Gasteiger partial charge in [0.15, 0.2) is 0 Å². The van der Waals surface area contributed by atoms with Gasteiger partial charge in [0.05, 0.1) is 17.4 Å². The third-order valence-electron chi connectivity index (χ3n) is 6.13. The Morgan fingerprint density at radius 1 is 1.11 bits per heavy atom. The molecule has 7 heteroatoms. The van der Waals surface area contributed by atoms with Gasteiger partial charge in [-0.25, -0.2) is 0 Å². The zero-order valence-electron chi connectivity index (χ0n) is 15.5. The van der Waals surface area contributed by atoms with Crippen molar-refractivity contribution in [2.45, 2.75) is 26.2 Å². The van der Waals surface area contributed by atoms with Crippen molar-refractivity contribution in [3.63, 3.8) is 0 Å². The average molecular weight is 398 g/mol. The topological polar surface area (TPSA) is 109 Å². The molecule has 2 amide bonds. The number of benzene rings is 1. The number of thiophene rings is 1. The summed E-state index contributed by atoms with van der Waals surface area (Å²) < 4.78 is 0. The van der Waals surface area contributed by atoms with Gasteiger partial charge in [0.2, 0.25) is 5.91 Å². The van der Waals surface area contributed by atoms with Crippen LogP contribution in [-0.4, -0.2) is 22.9 Å². The van der Waals surface area contributed by atoms with Crippen LogP contribution in [0.5, 0.6) is 0 Å². The number of aliphatic carboxylic acids is 1. The summed E-state index contributed by atoms with van der Waals surface area (Å²) in [5, 5.41) is 12.9. The fourth-order valence-electron chi connectivity index (χ4n) is 5.04. The third-order valence-corrected chi connectivity index (χ3v) is 7.15. The number of amides is 2. The summed E-state index contributed by atoms with van der Waals surface area (Å²) in [6.07, 6.45) is 2.54. The maximum absolute atomic E-state index is 13.0. The molecule has 0 radical (unpaired) electrons. The summed E-state index contributed by atoms with van der Waals surface area (Å²) >= 11 is 1.30. The Balaban J connectivity index is 1.68. The van der Waals surface area contributed by atoms with E-state index >= 15 is 0 Å². The van der Waals surface area contributed by atoms with Gasteiger partial charge >= 0.3 is 5.97 Å². The van der Waals surface area contributed by atoms with E-state index in [1.54, 1.807) is 0 Å². The lowest BCUT2D eigenvalue weighted by atomic mass is 9.78. The number of carboxylic acid groups (broad SMARTS) is 1. The lowest BCUT2D eigenvalue weighted by molar-refractivity contribution is -0.148. The van der Waals surface area contributed by atoms with E-state index in [2.05, 4.69) is 5.32 Å². The summed E-state index contributed by atoms with van der Waals surface area (Å²) in [5.74, 6) is -2.87. The maximum atomic E-state index is 13.0. The molecule has 1 aromatic carbocycles. The highest BCUT2D eigenvalue weighted by Crippen LogP contribution is 2.53. The molecule has 4 unspecified atom stereocenters. The van der Waals surface area contributed by atoms with Crippen molar-refractivity contribution < 1.29 is 19.5 Å². The molecule has 0 aliphatic heterocycles. The Bertz CT molecular complexity index is 953. The Hall–Kier alpha value is -2.67. The van der Waals surface area contributed by atoms with Crippen molar-refractivity contribution in [2.24, 2.45) is 29.4 Å². The normalized spacial score (nSPS) is 25.6. The molecule has 146 valence electrons. The smallest absolute Gasteiger partial charge is 0.307 e. The third kappa shape index (κ3) is 2.99. The van der Waals surface area contributed by atoms with Crippen LogP contribution in [0.1, 0.15) is 34.5 Å². The van der Waals surface area contributed by atoms with Crippen LogP contribution in [0.2, 0.25) is 0 Å². The number of nitrogens with two attached hydrogens (primary N) is 1. The van der Waals surface area contributed by atoms with E-state index in [0.717, 1.165) is 35.3 Å². The zero-order chi connectivity index (χ0) is 20.0. The Labute approximate surface area is 166 Å².